The van der Waals surface area contributed by atoms with E-state index in [4.69, 9.17) is 9.47 Å². The van der Waals surface area contributed by atoms with Gasteiger partial charge in [0.05, 0.1) is 19.0 Å². The third-order valence-electron chi connectivity index (χ3n) is 5.55. The molecule has 1 unspecified atom stereocenters. The van der Waals surface area contributed by atoms with E-state index in [9.17, 15) is 5.11 Å². The van der Waals surface area contributed by atoms with Gasteiger partial charge in [0.15, 0.2) is 0 Å². The molecule has 1 N–H and O–H groups in total. The number of benzene rings is 2. The first-order chi connectivity index (χ1) is 13.5. The van der Waals surface area contributed by atoms with Crippen molar-refractivity contribution in [3.63, 3.8) is 0 Å². The number of allylic oxidation sites excluding steroid dienone is 2. The molecule has 0 amide bonds. The average Bonchev–Trinajstić information content (AvgIpc) is 3.09. The van der Waals surface area contributed by atoms with E-state index in [1.807, 2.05) is 13.0 Å². The quantitative estimate of drug-likeness (QED) is 0.520. The highest BCUT2D eigenvalue weighted by Gasteiger charge is 2.47. The molecule has 0 fully saturated rings. The van der Waals surface area contributed by atoms with Gasteiger partial charge in [0.1, 0.15) is 8.07 Å². The fraction of sp³-hybridized carbons (Fsp3) is 0.333. The van der Waals surface area contributed by atoms with Gasteiger partial charge in [-0.05, 0) is 22.0 Å². The van der Waals surface area contributed by atoms with Crippen molar-refractivity contribution >= 4 is 18.4 Å². The highest BCUT2D eigenvalue weighted by molar-refractivity contribution is 7.06. The van der Waals surface area contributed by atoms with Crippen LogP contribution in [0.1, 0.15) is 26.2 Å². The summed E-state index contributed by atoms with van der Waals surface area (Å²) in [6.07, 6.45) is 4.33. The van der Waals surface area contributed by atoms with Crippen molar-refractivity contribution in [1.82, 2.24) is 0 Å². The molecule has 1 atom stereocenters. The van der Waals surface area contributed by atoms with Crippen LogP contribution in [-0.4, -0.2) is 32.2 Å². The molecule has 1 aliphatic heterocycles. The van der Waals surface area contributed by atoms with E-state index in [1.165, 1.54) is 15.6 Å². The highest BCUT2D eigenvalue weighted by atomic mass is 28.3. The standard InChI is InChI=1S/C24H30O3Si/c1-4-5-16-22-23(19-24(2,27-22)26-18-17-25)28(3,20-12-8-6-9-13-20)21-14-10-7-11-15-21/h4,6-15,25H,1,5,16-19H2,2-3H3. The van der Waals surface area contributed by atoms with E-state index < -0.39 is 13.9 Å². The van der Waals surface area contributed by atoms with Crippen LogP contribution in [0.5, 0.6) is 0 Å². The molecule has 2 aromatic rings. The summed E-state index contributed by atoms with van der Waals surface area (Å²) < 4.78 is 12.3. The van der Waals surface area contributed by atoms with Crippen LogP contribution >= 0.6 is 0 Å². The molecular weight excluding hydrogens is 364 g/mol. The van der Waals surface area contributed by atoms with Gasteiger partial charge in [-0.25, -0.2) is 0 Å². The summed E-state index contributed by atoms with van der Waals surface area (Å²) in [5.74, 6) is 0.300. The van der Waals surface area contributed by atoms with Gasteiger partial charge >= 0.3 is 0 Å². The first kappa shape index (κ1) is 20.6. The van der Waals surface area contributed by atoms with Crippen molar-refractivity contribution in [2.45, 2.75) is 38.5 Å². The monoisotopic (exact) mass is 394 g/mol. The lowest BCUT2D eigenvalue weighted by Gasteiger charge is -2.31. The first-order valence-electron chi connectivity index (χ1n) is 9.92. The zero-order valence-electron chi connectivity index (χ0n) is 16.9. The maximum atomic E-state index is 9.23. The Kier molecular flexibility index (Phi) is 6.55. The van der Waals surface area contributed by atoms with E-state index in [0.29, 0.717) is 6.42 Å². The molecule has 3 nitrogen and oxygen atoms in total. The number of hydrogen-bond acceptors (Lipinski definition) is 3. The molecule has 0 aliphatic carbocycles. The topological polar surface area (TPSA) is 38.7 Å². The zero-order chi connectivity index (χ0) is 20.0. The second-order valence-electron chi connectivity index (χ2n) is 7.57. The fourth-order valence-corrected chi connectivity index (χ4v) is 8.23. The first-order valence-corrected chi connectivity index (χ1v) is 12.4. The summed E-state index contributed by atoms with van der Waals surface area (Å²) in [6, 6.07) is 21.5. The van der Waals surface area contributed by atoms with Crippen LogP contribution in [0.4, 0.5) is 0 Å². The number of hydrogen-bond donors (Lipinski definition) is 1. The lowest BCUT2D eigenvalue weighted by atomic mass is 10.2. The molecule has 0 radical (unpaired) electrons. The molecule has 0 saturated heterocycles. The van der Waals surface area contributed by atoms with Crippen LogP contribution in [0.2, 0.25) is 6.55 Å². The second-order valence-corrected chi connectivity index (χ2v) is 11.6. The van der Waals surface area contributed by atoms with E-state index >= 15 is 0 Å². The van der Waals surface area contributed by atoms with Gasteiger partial charge in [0.2, 0.25) is 5.79 Å². The van der Waals surface area contributed by atoms with Crippen LogP contribution in [-0.2, 0) is 9.47 Å². The Labute approximate surface area is 169 Å². The van der Waals surface area contributed by atoms with Crippen LogP contribution in [0.3, 0.4) is 0 Å². The van der Waals surface area contributed by atoms with Gasteiger partial charge in [-0.1, -0.05) is 73.3 Å². The minimum atomic E-state index is -2.23. The van der Waals surface area contributed by atoms with E-state index in [2.05, 4.69) is 73.8 Å². The van der Waals surface area contributed by atoms with Gasteiger partial charge < -0.3 is 14.6 Å². The second kappa shape index (κ2) is 8.91. The SMILES string of the molecule is C=CCCC1=C([Si](C)(c2ccccc2)c2ccccc2)CC(C)(OCCO)O1. The number of aliphatic hydroxyl groups is 1. The summed E-state index contributed by atoms with van der Waals surface area (Å²) in [5.41, 5.74) is 0. The Morgan fingerprint density at radius 1 is 1.11 bits per heavy atom. The summed E-state index contributed by atoms with van der Waals surface area (Å²) in [5, 5.41) is 13.3. The van der Waals surface area contributed by atoms with Crippen LogP contribution in [0.15, 0.2) is 84.3 Å². The van der Waals surface area contributed by atoms with E-state index in [1.54, 1.807) is 0 Å². The van der Waals surface area contributed by atoms with Crippen molar-refractivity contribution in [3.05, 3.63) is 84.3 Å². The zero-order valence-corrected chi connectivity index (χ0v) is 17.9. The number of aliphatic hydroxyl groups excluding tert-OH is 1. The molecule has 4 heteroatoms. The molecular formula is C24H30O3Si. The molecule has 0 bridgehead atoms. The summed E-state index contributed by atoms with van der Waals surface area (Å²) in [6.45, 7) is 8.53. The van der Waals surface area contributed by atoms with Crippen molar-refractivity contribution in [3.8, 4) is 0 Å². The molecule has 28 heavy (non-hydrogen) atoms. The number of rotatable bonds is 9. The smallest absolute Gasteiger partial charge is 0.210 e. The van der Waals surface area contributed by atoms with Gasteiger partial charge in [0, 0.05) is 19.8 Å². The molecule has 0 saturated carbocycles. The summed E-state index contributed by atoms with van der Waals surface area (Å²) >= 11 is 0. The minimum Gasteiger partial charge on any atom is -0.467 e. The normalized spacial score (nSPS) is 19.5. The third kappa shape index (κ3) is 4.14. The lowest BCUT2D eigenvalue weighted by Crippen LogP contribution is -2.58. The van der Waals surface area contributed by atoms with Crippen LogP contribution in [0.25, 0.3) is 0 Å². The van der Waals surface area contributed by atoms with E-state index in [0.717, 1.165) is 18.6 Å². The van der Waals surface area contributed by atoms with Crippen LogP contribution < -0.4 is 10.4 Å². The van der Waals surface area contributed by atoms with Gasteiger partial charge in [-0.2, -0.15) is 0 Å². The predicted octanol–water partition coefficient (Wildman–Crippen LogP) is 3.78. The van der Waals surface area contributed by atoms with Gasteiger partial charge in [-0.3, -0.25) is 0 Å². The Morgan fingerprint density at radius 3 is 2.18 bits per heavy atom. The maximum absolute atomic E-state index is 9.23. The molecule has 3 rings (SSSR count). The molecule has 0 aromatic heterocycles. The molecule has 148 valence electrons. The molecule has 2 aromatic carbocycles. The lowest BCUT2D eigenvalue weighted by molar-refractivity contribution is -0.193. The predicted molar refractivity (Wildman–Crippen MR) is 117 cm³/mol. The maximum Gasteiger partial charge on any atom is 0.210 e. The van der Waals surface area contributed by atoms with Crippen molar-refractivity contribution in [2.24, 2.45) is 0 Å². The van der Waals surface area contributed by atoms with Crippen LogP contribution in [0, 0.1) is 0 Å². The van der Waals surface area contributed by atoms with Gasteiger partial charge in [0.25, 0.3) is 0 Å². The third-order valence-corrected chi connectivity index (χ3v) is 10.2. The average molecular weight is 395 g/mol. The molecule has 1 aliphatic rings. The van der Waals surface area contributed by atoms with Crippen molar-refractivity contribution in [2.75, 3.05) is 13.2 Å². The van der Waals surface area contributed by atoms with Gasteiger partial charge in [-0.15, -0.1) is 6.58 Å². The Balaban J connectivity index is 2.12. The Hall–Kier alpha value is -2.14. The minimum absolute atomic E-state index is 0.0116. The Morgan fingerprint density at radius 2 is 1.68 bits per heavy atom. The van der Waals surface area contributed by atoms with Crippen molar-refractivity contribution < 1.29 is 14.6 Å². The summed E-state index contributed by atoms with van der Waals surface area (Å²) in [4.78, 5) is 0. The number of ether oxygens (including phenoxy) is 2. The van der Waals surface area contributed by atoms with Crippen molar-refractivity contribution in [1.29, 1.82) is 0 Å². The van der Waals surface area contributed by atoms with E-state index in [-0.39, 0.29) is 13.2 Å². The summed E-state index contributed by atoms with van der Waals surface area (Å²) in [7, 11) is -2.23. The molecule has 1 heterocycles. The highest BCUT2D eigenvalue weighted by Crippen LogP contribution is 2.41. The molecule has 0 spiro atoms. The Bertz CT molecular complexity index is 777. The fourth-order valence-electron chi connectivity index (χ4n) is 4.07. The largest absolute Gasteiger partial charge is 0.467 e.